The number of sulfonamides is 1. The van der Waals surface area contributed by atoms with E-state index in [2.05, 4.69) is 0 Å². The van der Waals surface area contributed by atoms with Crippen LogP contribution in [-0.2, 0) is 16.6 Å². The van der Waals surface area contributed by atoms with Crippen LogP contribution in [0.4, 0.5) is 4.39 Å². The predicted molar refractivity (Wildman–Crippen MR) is 118 cm³/mol. The van der Waals surface area contributed by atoms with Crippen LogP contribution in [-0.4, -0.2) is 49.0 Å². The Morgan fingerprint density at radius 1 is 1.23 bits per heavy atom. The number of halogens is 1. The van der Waals surface area contributed by atoms with Gasteiger partial charge in [0, 0.05) is 42.8 Å². The molecule has 3 aromatic rings. The van der Waals surface area contributed by atoms with Gasteiger partial charge in [-0.1, -0.05) is 12.1 Å². The van der Waals surface area contributed by atoms with Gasteiger partial charge in [-0.25, -0.2) is 21.9 Å². The molecule has 0 amide bonds. The number of allylic oxidation sites excluding steroid dienone is 1. The number of carbonyl (C=O) groups is 1. The SMILES string of the molecule is Cc1c(-c2cccc(C(=O)O)c2)c2cc(S(=O)(=O)N(C)C)ccc2n1CC(F)=CCN. The van der Waals surface area contributed by atoms with Crippen molar-refractivity contribution in [1.29, 1.82) is 0 Å². The summed E-state index contributed by atoms with van der Waals surface area (Å²) in [7, 11) is -0.807. The molecule has 1 heterocycles. The third kappa shape index (κ3) is 4.25. The topological polar surface area (TPSA) is 106 Å². The van der Waals surface area contributed by atoms with E-state index in [1.807, 2.05) is 0 Å². The second kappa shape index (κ2) is 8.62. The van der Waals surface area contributed by atoms with Crippen LogP contribution >= 0.6 is 0 Å². The Morgan fingerprint density at radius 2 is 1.94 bits per heavy atom. The molecular formula is C22H24FN3O4S. The molecule has 1 aromatic heterocycles. The quantitative estimate of drug-likeness (QED) is 0.580. The summed E-state index contributed by atoms with van der Waals surface area (Å²) >= 11 is 0. The molecule has 0 unspecified atom stereocenters. The summed E-state index contributed by atoms with van der Waals surface area (Å²) in [5, 5.41) is 9.96. The molecule has 0 aliphatic heterocycles. The minimum Gasteiger partial charge on any atom is -0.478 e. The number of aromatic carboxylic acids is 1. The Bertz CT molecular complexity index is 1290. The van der Waals surface area contributed by atoms with Gasteiger partial charge in [-0.05, 0) is 48.9 Å². The minimum atomic E-state index is -3.70. The molecule has 0 saturated carbocycles. The molecular weight excluding hydrogens is 421 g/mol. The predicted octanol–water partition coefficient (Wildman–Crippen LogP) is 3.38. The molecule has 0 spiro atoms. The van der Waals surface area contributed by atoms with Gasteiger partial charge in [-0.2, -0.15) is 0 Å². The van der Waals surface area contributed by atoms with E-state index in [1.54, 1.807) is 35.8 Å². The molecule has 2 aromatic carbocycles. The van der Waals surface area contributed by atoms with Gasteiger partial charge in [-0.15, -0.1) is 0 Å². The lowest BCUT2D eigenvalue weighted by Gasteiger charge is -2.12. The second-order valence-corrected chi connectivity index (χ2v) is 9.44. The molecule has 164 valence electrons. The van der Waals surface area contributed by atoms with Gasteiger partial charge in [0.2, 0.25) is 10.0 Å². The van der Waals surface area contributed by atoms with E-state index in [0.29, 0.717) is 27.7 Å². The highest BCUT2D eigenvalue weighted by atomic mass is 32.2. The summed E-state index contributed by atoms with van der Waals surface area (Å²) in [6.45, 7) is 1.78. The number of hydrogen-bond acceptors (Lipinski definition) is 4. The van der Waals surface area contributed by atoms with E-state index in [4.69, 9.17) is 5.73 Å². The lowest BCUT2D eigenvalue weighted by Crippen LogP contribution is -2.22. The highest BCUT2D eigenvalue weighted by Gasteiger charge is 2.22. The van der Waals surface area contributed by atoms with Crippen LogP contribution in [0.25, 0.3) is 22.0 Å². The number of nitrogens with zero attached hydrogens (tertiary/aromatic N) is 2. The van der Waals surface area contributed by atoms with E-state index >= 15 is 0 Å². The van der Waals surface area contributed by atoms with Crippen molar-refractivity contribution < 1.29 is 22.7 Å². The Morgan fingerprint density at radius 3 is 2.55 bits per heavy atom. The molecule has 9 heteroatoms. The van der Waals surface area contributed by atoms with Crippen LogP contribution in [0, 0.1) is 6.92 Å². The van der Waals surface area contributed by atoms with Gasteiger partial charge in [0.25, 0.3) is 0 Å². The Labute approximate surface area is 180 Å². The van der Waals surface area contributed by atoms with Crippen molar-refractivity contribution in [3.05, 3.63) is 65.6 Å². The Hall–Kier alpha value is -3.01. The molecule has 31 heavy (non-hydrogen) atoms. The number of benzene rings is 2. The second-order valence-electron chi connectivity index (χ2n) is 7.29. The first-order valence-electron chi connectivity index (χ1n) is 9.51. The van der Waals surface area contributed by atoms with E-state index < -0.39 is 21.8 Å². The average molecular weight is 446 g/mol. The number of carboxylic acids is 1. The van der Waals surface area contributed by atoms with Crippen LogP contribution in [0.2, 0.25) is 0 Å². The van der Waals surface area contributed by atoms with Crippen LogP contribution in [0.5, 0.6) is 0 Å². The summed E-state index contributed by atoms with van der Waals surface area (Å²) in [6, 6.07) is 11.0. The lowest BCUT2D eigenvalue weighted by molar-refractivity contribution is 0.0697. The molecule has 3 N–H and O–H groups in total. The summed E-state index contributed by atoms with van der Waals surface area (Å²) in [6.07, 6.45) is 1.28. The third-order valence-electron chi connectivity index (χ3n) is 5.12. The van der Waals surface area contributed by atoms with E-state index in [1.165, 1.54) is 38.4 Å². The van der Waals surface area contributed by atoms with Crippen molar-refractivity contribution in [3.63, 3.8) is 0 Å². The van der Waals surface area contributed by atoms with Gasteiger partial charge in [0.05, 0.1) is 17.0 Å². The maximum atomic E-state index is 14.3. The van der Waals surface area contributed by atoms with Crippen LogP contribution in [0.15, 0.2) is 59.3 Å². The molecule has 0 aliphatic rings. The van der Waals surface area contributed by atoms with Gasteiger partial charge in [0.1, 0.15) is 5.83 Å². The zero-order chi connectivity index (χ0) is 22.9. The molecule has 0 atom stereocenters. The number of nitrogens with two attached hydrogens (primary N) is 1. The highest BCUT2D eigenvalue weighted by molar-refractivity contribution is 7.89. The molecule has 0 bridgehead atoms. The highest BCUT2D eigenvalue weighted by Crippen LogP contribution is 2.37. The maximum absolute atomic E-state index is 14.3. The fraction of sp³-hybridized carbons (Fsp3) is 0.227. The van der Waals surface area contributed by atoms with Crippen molar-refractivity contribution in [2.24, 2.45) is 5.73 Å². The number of hydrogen-bond donors (Lipinski definition) is 2. The minimum absolute atomic E-state index is 0.0584. The third-order valence-corrected chi connectivity index (χ3v) is 6.93. The lowest BCUT2D eigenvalue weighted by atomic mass is 10.0. The summed E-state index contributed by atoms with van der Waals surface area (Å²) in [4.78, 5) is 11.6. The van der Waals surface area contributed by atoms with E-state index in [9.17, 15) is 22.7 Å². The number of carboxylic acid groups (broad SMARTS) is 1. The van der Waals surface area contributed by atoms with Crippen LogP contribution < -0.4 is 5.73 Å². The van der Waals surface area contributed by atoms with Gasteiger partial charge in [0.15, 0.2) is 0 Å². The fourth-order valence-corrected chi connectivity index (χ4v) is 4.48. The zero-order valence-electron chi connectivity index (χ0n) is 17.5. The maximum Gasteiger partial charge on any atom is 0.335 e. The zero-order valence-corrected chi connectivity index (χ0v) is 18.3. The van der Waals surface area contributed by atoms with Gasteiger partial charge >= 0.3 is 5.97 Å². The number of aromatic nitrogens is 1. The fourth-order valence-electron chi connectivity index (χ4n) is 3.55. The molecule has 0 radical (unpaired) electrons. The molecule has 0 aliphatic carbocycles. The first-order chi connectivity index (χ1) is 14.6. The Kier molecular flexibility index (Phi) is 6.30. The van der Waals surface area contributed by atoms with Crippen molar-refractivity contribution in [1.82, 2.24) is 8.87 Å². The van der Waals surface area contributed by atoms with Crippen LogP contribution in [0.3, 0.4) is 0 Å². The van der Waals surface area contributed by atoms with Crippen molar-refractivity contribution in [3.8, 4) is 11.1 Å². The van der Waals surface area contributed by atoms with E-state index in [-0.39, 0.29) is 23.5 Å². The molecule has 0 saturated heterocycles. The van der Waals surface area contributed by atoms with Crippen molar-refractivity contribution in [2.75, 3.05) is 20.6 Å². The summed E-state index contributed by atoms with van der Waals surface area (Å²) in [5.74, 6) is -1.49. The molecule has 3 rings (SSSR count). The van der Waals surface area contributed by atoms with Crippen molar-refractivity contribution in [2.45, 2.75) is 18.4 Å². The monoisotopic (exact) mass is 445 g/mol. The van der Waals surface area contributed by atoms with Gasteiger partial charge < -0.3 is 15.4 Å². The molecule has 7 nitrogen and oxygen atoms in total. The normalized spacial score (nSPS) is 12.6. The average Bonchev–Trinajstić information content (AvgIpc) is 2.99. The standard InChI is InChI=1S/C22H24FN3O4S/c1-14-21(15-5-4-6-16(11-15)22(27)28)19-12-18(31(29,30)25(2)3)7-8-20(19)26(14)13-17(23)9-10-24/h4-9,11-12H,10,13,24H2,1-3H3,(H,27,28). The number of fused-ring (bicyclic) bond motifs is 1. The van der Waals surface area contributed by atoms with Crippen LogP contribution in [0.1, 0.15) is 16.1 Å². The Balaban J connectivity index is 2.35. The smallest absolute Gasteiger partial charge is 0.335 e. The van der Waals surface area contributed by atoms with Gasteiger partial charge in [-0.3, -0.25) is 0 Å². The first-order valence-corrected chi connectivity index (χ1v) is 11.0. The largest absolute Gasteiger partial charge is 0.478 e. The molecule has 0 fully saturated rings. The number of rotatable bonds is 7. The van der Waals surface area contributed by atoms with E-state index in [0.717, 1.165) is 4.31 Å². The summed E-state index contributed by atoms with van der Waals surface area (Å²) < 4.78 is 42.5. The summed E-state index contributed by atoms with van der Waals surface area (Å²) in [5.41, 5.74) is 8.08. The van der Waals surface area contributed by atoms with Crippen molar-refractivity contribution >= 4 is 26.9 Å². The first kappa shape index (κ1) is 22.7.